The van der Waals surface area contributed by atoms with Crippen molar-refractivity contribution in [3.8, 4) is 0 Å². The number of rotatable bonds is 3. The van der Waals surface area contributed by atoms with Crippen molar-refractivity contribution in [2.24, 2.45) is 0 Å². The third-order valence-electron chi connectivity index (χ3n) is 2.53. The highest BCUT2D eigenvalue weighted by atomic mass is 35.5. The molecule has 0 fully saturated rings. The highest BCUT2D eigenvalue weighted by Gasteiger charge is 2.13. The van der Waals surface area contributed by atoms with E-state index in [4.69, 9.17) is 27.6 Å². The first-order chi connectivity index (χ1) is 8.08. The van der Waals surface area contributed by atoms with E-state index in [0.717, 1.165) is 5.56 Å². The molecule has 2 rings (SSSR count). The summed E-state index contributed by atoms with van der Waals surface area (Å²) < 4.78 is 5.10. The van der Waals surface area contributed by atoms with Gasteiger partial charge in [0.2, 0.25) is 0 Å². The Morgan fingerprint density at radius 1 is 1.29 bits per heavy atom. The van der Waals surface area contributed by atoms with Crippen LogP contribution in [0.15, 0.2) is 34.9 Å². The Bertz CT molecular complexity index is 558. The van der Waals surface area contributed by atoms with Gasteiger partial charge in [-0.2, -0.15) is 0 Å². The molecule has 0 spiro atoms. The molecule has 0 radical (unpaired) electrons. The van der Waals surface area contributed by atoms with Gasteiger partial charge in [-0.15, -0.1) is 0 Å². The first-order valence-corrected chi connectivity index (χ1v) is 5.84. The molecule has 1 heterocycles. The Kier molecular flexibility index (Phi) is 3.55. The number of furan rings is 1. The minimum absolute atomic E-state index is 0.0135. The van der Waals surface area contributed by atoms with Crippen molar-refractivity contribution in [2.75, 3.05) is 0 Å². The lowest BCUT2D eigenvalue weighted by Gasteiger charge is -2.03. The zero-order chi connectivity index (χ0) is 12.4. The molecule has 0 unspecified atom stereocenters. The monoisotopic (exact) mass is 268 g/mol. The molecule has 2 nitrogen and oxygen atoms in total. The van der Waals surface area contributed by atoms with Crippen molar-refractivity contribution in [3.63, 3.8) is 0 Å². The zero-order valence-electron chi connectivity index (χ0n) is 9.17. The molecule has 0 aliphatic carbocycles. The second-order valence-electron chi connectivity index (χ2n) is 3.73. The Morgan fingerprint density at radius 3 is 2.65 bits per heavy atom. The summed E-state index contributed by atoms with van der Waals surface area (Å²) in [6, 6.07) is 6.78. The van der Waals surface area contributed by atoms with Crippen molar-refractivity contribution >= 4 is 29.0 Å². The molecule has 0 N–H and O–H groups in total. The van der Waals surface area contributed by atoms with Gasteiger partial charge >= 0.3 is 0 Å². The van der Waals surface area contributed by atoms with E-state index >= 15 is 0 Å². The molecule has 4 heteroatoms. The quantitative estimate of drug-likeness (QED) is 0.777. The lowest BCUT2D eigenvalue weighted by molar-refractivity contribution is 0.0991. The van der Waals surface area contributed by atoms with E-state index in [1.165, 1.54) is 6.26 Å². The topological polar surface area (TPSA) is 30.2 Å². The summed E-state index contributed by atoms with van der Waals surface area (Å²) in [6.45, 7) is 1.76. The molecule has 0 saturated heterocycles. The predicted molar refractivity (Wildman–Crippen MR) is 67.9 cm³/mol. The Balaban J connectivity index is 2.22. The van der Waals surface area contributed by atoms with Crippen molar-refractivity contribution < 1.29 is 9.21 Å². The van der Waals surface area contributed by atoms with Gasteiger partial charge in [-0.05, 0) is 30.7 Å². The largest absolute Gasteiger partial charge is 0.469 e. The van der Waals surface area contributed by atoms with Crippen LogP contribution in [0.5, 0.6) is 0 Å². The van der Waals surface area contributed by atoms with Gasteiger partial charge in [-0.25, -0.2) is 0 Å². The van der Waals surface area contributed by atoms with Crippen molar-refractivity contribution in [1.29, 1.82) is 0 Å². The molecule has 0 saturated carbocycles. The summed E-state index contributed by atoms with van der Waals surface area (Å²) in [7, 11) is 0. The molecule has 0 atom stereocenters. The predicted octanol–water partition coefficient (Wildman–Crippen LogP) is 4.32. The van der Waals surface area contributed by atoms with Gasteiger partial charge in [0.1, 0.15) is 5.76 Å². The van der Waals surface area contributed by atoms with Crippen molar-refractivity contribution in [2.45, 2.75) is 13.3 Å². The van der Waals surface area contributed by atoms with E-state index in [1.807, 2.05) is 0 Å². The molecule has 0 bridgehead atoms. The van der Waals surface area contributed by atoms with Crippen molar-refractivity contribution in [1.82, 2.24) is 0 Å². The van der Waals surface area contributed by atoms with E-state index in [2.05, 4.69) is 0 Å². The van der Waals surface area contributed by atoms with Crippen LogP contribution in [0, 0.1) is 6.92 Å². The normalized spacial score (nSPS) is 10.5. The number of benzene rings is 1. The fraction of sp³-hybridized carbons (Fsp3) is 0.154. The van der Waals surface area contributed by atoms with E-state index < -0.39 is 0 Å². The van der Waals surface area contributed by atoms with Crippen LogP contribution in [-0.2, 0) is 6.42 Å². The standard InChI is InChI=1S/C13H10Cl2O2/c1-8-11(4-5-17-8)13(16)6-9-2-3-10(14)7-12(9)15/h2-5,7H,6H2,1H3. The van der Waals surface area contributed by atoms with E-state index in [0.29, 0.717) is 21.4 Å². The molecular weight excluding hydrogens is 259 g/mol. The highest BCUT2D eigenvalue weighted by Crippen LogP contribution is 2.23. The van der Waals surface area contributed by atoms with Gasteiger partial charge in [-0.1, -0.05) is 29.3 Å². The Hall–Kier alpha value is -1.25. The third-order valence-corrected chi connectivity index (χ3v) is 3.11. The molecule has 1 aromatic carbocycles. The SMILES string of the molecule is Cc1occc1C(=O)Cc1ccc(Cl)cc1Cl. The Labute approximate surface area is 109 Å². The second kappa shape index (κ2) is 4.94. The van der Waals surface area contributed by atoms with Crippen LogP contribution in [0.2, 0.25) is 10.0 Å². The molecule has 1 aromatic heterocycles. The molecule has 17 heavy (non-hydrogen) atoms. The lowest BCUT2D eigenvalue weighted by atomic mass is 10.0. The average Bonchev–Trinajstić information content (AvgIpc) is 2.68. The number of hydrogen-bond acceptors (Lipinski definition) is 2. The van der Waals surface area contributed by atoms with E-state index in [-0.39, 0.29) is 12.2 Å². The molecule has 0 amide bonds. The summed E-state index contributed by atoms with van der Waals surface area (Å²) in [4.78, 5) is 12.0. The summed E-state index contributed by atoms with van der Waals surface area (Å²) in [5.74, 6) is 0.612. The Morgan fingerprint density at radius 2 is 2.06 bits per heavy atom. The molecule has 0 aliphatic rings. The van der Waals surface area contributed by atoms with Crippen LogP contribution in [-0.4, -0.2) is 5.78 Å². The number of carbonyl (C=O) groups excluding carboxylic acids is 1. The molecule has 2 aromatic rings. The minimum Gasteiger partial charge on any atom is -0.469 e. The third kappa shape index (κ3) is 2.71. The van der Waals surface area contributed by atoms with Gasteiger partial charge in [-0.3, -0.25) is 4.79 Å². The molecular formula is C13H10Cl2O2. The maximum absolute atomic E-state index is 12.0. The van der Waals surface area contributed by atoms with Crippen molar-refractivity contribution in [3.05, 3.63) is 57.5 Å². The number of hydrogen-bond donors (Lipinski definition) is 0. The fourth-order valence-corrected chi connectivity index (χ4v) is 2.08. The van der Waals surface area contributed by atoms with Crippen LogP contribution in [0.1, 0.15) is 21.7 Å². The highest BCUT2D eigenvalue weighted by molar-refractivity contribution is 6.35. The van der Waals surface area contributed by atoms with Crippen LogP contribution in [0.25, 0.3) is 0 Å². The summed E-state index contributed by atoms with van der Waals surface area (Å²) in [6.07, 6.45) is 1.75. The first-order valence-electron chi connectivity index (χ1n) is 5.09. The number of halogens is 2. The number of ketones is 1. The van der Waals surface area contributed by atoms with Gasteiger partial charge in [0, 0.05) is 16.5 Å². The van der Waals surface area contributed by atoms with E-state index in [1.54, 1.807) is 31.2 Å². The van der Waals surface area contributed by atoms with Crippen LogP contribution >= 0.6 is 23.2 Å². The minimum atomic E-state index is -0.0135. The van der Waals surface area contributed by atoms with Gasteiger partial charge in [0.05, 0.1) is 11.8 Å². The number of Topliss-reactive ketones (excluding diaryl/α,β-unsaturated/α-hetero) is 1. The molecule has 88 valence electrons. The second-order valence-corrected chi connectivity index (χ2v) is 4.57. The summed E-state index contributed by atoms with van der Waals surface area (Å²) >= 11 is 11.8. The van der Waals surface area contributed by atoms with Crippen LogP contribution in [0.4, 0.5) is 0 Å². The zero-order valence-corrected chi connectivity index (χ0v) is 10.7. The van der Waals surface area contributed by atoms with Gasteiger partial charge in [0.15, 0.2) is 5.78 Å². The first kappa shape index (κ1) is 12.2. The lowest BCUT2D eigenvalue weighted by Crippen LogP contribution is -2.04. The smallest absolute Gasteiger partial charge is 0.170 e. The van der Waals surface area contributed by atoms with E-state index in [9.17, 15) is 4.79 Å². The van der Waals surface area contributed by atoms with Gasteiger partial charge in [0.25, 0.3) is 0 Å². The number of aryl methyl sites for hydroxylation is 1. The maximum atomic E-state index is 12.0. The van der Waals surface area contributed by atoms with Crippen LogP contribution in [0.3, 0.4) is 0 Å². The van der Waals surface area contributed by atoms with Crippen LogP contribution < -0.4 is 0 Å². The fourth-order valence-electron chi connectivity index (χ4n) is 1.61. The average molecular weight is 269 g/mol. The summed E-state index contributed by atoms with van der Waals surface area (Å²) in [5, 5.41) is 1.07. The molecule has 0 aliphatic heterocycles. The van der Waals surface area contributed by atoms with Gasteiger partial charge < -0.3 is 4.42 Å². The number of carbonyl (C=O) groups is 1. The maximum Gasteiger partial charge on any atom is 0.170 e. The summed E-state index contributed by atoms with van der Waals surface area (Å²) in [5.41, 5.74) is 1.36.